The van der Waals surface area contributed by atoms with E-state index in [0.717, 1.165) is 25.7 Å². The van der Waals surface area contributed by atoms with Crippen molar-refractivity contribution in [2.24, 2.45) is 0 Å². The predicted octanol–water partition coefficient (Wildman–Crippen LogP) is 4.61. The van der Waals surface area contributed by atoms with Gasteiger partial charge in [-0.05, 0) is 25.0 Å². The van der Waals surface area contributed by atoms with Crippen LogP contribution < -0.4 is 4.72 Å². The Bertz CT molecular complexity index is 1040. The Labute approximate surface area is 157 Å². The van der Waals surface area contributed by atoms with Gasteiger partial charge >= 0.3 is 0 Å². The van der Waals surface area contributed by atoms with E-state index < -0.39 is 15.8 Å². The van der Waals surface area contributed by atoms with Gasteiger partial charge in [0.1, 0.15) is 16.4 Å². The van der Waals surface area contributed by atoms with Crippen molar-refractivity contribution in [2.45, 2.75) is 36.6 Å². The number of para-hydroxylation sites is 1. The Morgan fingerprint density at radius 1 is 1.00 bits per heavy atom. The molecule has 1 aliphatic rings. The first-order valence-electron chi connectivity index (χ1n) is 8.96. The lowest BCUT2D eigenvalue weighted by molar-refractivity contribution is 0.467. The van der Waals surface area contributed by atoms with Crippen molar-refractivity contribution in [1.82, 2.24) is 9.78 Å². The van der Waals surface area contributed by atoms with Crippen LogP contribution in [0.25, 0.3) is 11.3 Å². The summed E-state index contributed by atoms with van der Waals surface area (Å²) in [6.07, 6.45) is 5.76. The highest BCUT2D eigenvalue weighted by Crippen LogP contribution is 2.34. The molecule has 140 valence electrons. The van der Waals surface area contributed by atoms with Gasteiger partial charge < -0.3 is 0 Å². The second-order valence-electron chi connectivity index (χ2n) is 6.71. The van der Waals surface area contributed by atoms with E-state index in [4.69, 9.17) is 0 Å². The fourth-order valence-electron chi connectivity index (χ4n) is 3.47. The van der Waals surface area contributed by atoms with Crippen LogP contribution in [-0.2, 0) is 10.0 Å². The highest BCUT2D eigenvalue weighted by atomic mass is 32.2. The Balaban J connectivity index is 1.79. The minimum Gasteiger partial charge on any atom is -0.277 e. The van der Waals surface area contributed by atoms with Crippen molar-refractivity contribution in [1.29, 1.82) is 0 Å². The molecule has 0 atom stereocenters. The second kappa shape index (κ2) is 7.15. The molecule has 0 aliphatic heterocycles. The summed E-state index contributed by atoms with van der Waals surface area (Å²) in [6.45, 7) is 0. The minimum absolute atomic E-state index is 0.0591. The average molecular weight is 385 g/mol. The normalized spacial score (nSPS) is 15.1. The van der Waals surface area contributed by atoms with Gasteiger partial charge in [0.05, 0.1) is 11.7 Å². The van der Waals surface area contributed by atoms with Gasteiger partial charge in [-0.25, -0.2) is 12.8 Å². The molecule has 0 saturated heterocycles. The van der Waals surface area contributed by atoms with E-state index in [9.17, 15) is 12.8 Å². The lowest BCUT2D eigenvalue weighted by Crippen LogP contribution is -2.14. The summed E-state index contributed by atoms with van der Waals surface area (Å²) in [4.78, 5) is 0.0591. The zero-order valence-electron chi connectivity index (χ0n) is 14.7. The van der Waals surface area contributed by atoms with E-state index >= 15 is 0 Å². The van der Waals surface area contributed by atoms with Crippen LogP contribution in [0, 0.1) is 5.82 Å². The molecule has 0 amide bonds. The summed E-state index contributed by atoms with van der Waals surface area (Å²) < 4.78 is 44.2. The fourth-order valence-corrected chi connectivity index (χ4v) is 4.69. The highest BCUT2D eigenvalue weighted by Gasteiger charge is 2.27. The van der Waals surface area contributed by atoms with E-state index in [0.29, 0.717) is 11.3 Å². The van der Waals surface area contributed by atoms with Crippen LogP contribution in [0.15, 0.2) is 65.7 Å². The van der Waals surface area contributed by atoms with E-state index in [-0.39, 0.29) is 16.6 Å². The quantitative estimate of drug-likeness (QED) is 0.698. The number of halogens is 1. The van der Waals surface area contributed by atoms with Crippen molar-refractivity contribution >= 4 is 15.7 Å². The third kappa shape index (κ3) is 3.60. The first kappa shape index (κ1) is 17.7. The summed E-state index contributed by atoms with van der Waals surface area (Å²) in [5, 5.41) is 4.60. The van der Waals surface area contributed by atoms with Crippen LogP contribution in [0.4, 0.5) is 10.1 Å². The first-order valence-corrected chi connectivity index (χ1v) is 10.4. The Kier molecular flexibility index (Phi) is 4.70. The Morgan fingerprint density at radius 3 is 2.37 bits per heavy atom. The summed E-state index contributed by atoms with van der Waals surface area (Å²) in [7, 11) is -4.00. The molecule has 1 fully saturated rings. The lowest BCUT2D eigenvalue weighted by atomic mass is 10.2. The van der Waals surface area contributed by atoms with E-state index in [1.807, 2.05) is 30.3 Å². The fraction of sp³-hybridized carbons (Fsp3) is 0.250. The monoisotopic (exact) mass is 385 g/mol. The van der Waals surface area contributed by atoms with Gasteiger partial charge in [-0.15, -0.1) is 0 Å². The molecule has 0 bridgehead atoms. The Morgan fingerprint density at radius 2 is 1.67 bits per heavy atom. The van der Waals surface area contributed by atoms with Crippen molar-refractivity contribution in [3.05, 3.63) is 66.6 Å². The lowest BCUT2D eigenvalue weighted by Gasteiger charge is -2.09. The molecule has 0 radical (unpaired) electrons. The number of nitrogens with zero attached hydrogens (tertiary/aromatic N) is 2. The van der Waals surface area contributed by atoms with Crippen molar-refractivity contribution in [3.63, 3.8) is 0 Å². The standard InChI is InChI=1S/C20H20FN3O2S/c21-17-12-6-7-13-18(17)23-27(25,26)19-14-24(16-10-4-5-11-16)22-20(19)15-8-2-1-3-9-15/h1-3,6-9,12-14,16,23H,4-5,10-11H2. The van der Waals surface area contributed by atoms with E-state index in [1.165, 1.54) is 18.2 Å². The van der Waals surface area contributed by atoms with Crippen LogP contribution in [0.1, 0.15) is 31.7 Å². The molecule has 7 heteroatoms. The summed E-state index contributed by atoms with van der Waals surface area (Å²) in [6, 6.07) is 15.1. The number of aromatic nitrogens is 2. The first-order chi connectivity index (χ1) is 13.0. The van der Waals surface area contributed by atoms with Crippen LogP contribution in [-0.4, -0.2) is 18.2 Å². The van der Waals surface area contributed by atoms with Crippen LogP contribution in [0.5, 0.6) is 0 Å². The van der Waals surface area contributed by atoms with Gasteiger partial charge in [-0.2, -0.15) is 5.10 Å². The van der Waals surface area contributed by atoms with Gasteiger partial charge in [0.25, 0.3) is 10.0 Å². The minimum atomic E-state index is -4.00. The largest absolute Gasteiger partial charge is 0.277 e. The number of nitrogens with one attached hydrogen (secondary N) is 1. The number of sulfonamides is 1. The molecule has 2 aromatic carbocycles. The predicted molar refractivity (Wildman–Crippen MR) is 102 cm³/mol. The molecule has 0 unspecified atom stereocenters. The van der Waals surface area contributed by atoms with Crippen molar-refractivity contribution in [3.8, 4) is 11.3 Å². The zero-order valence-corrected chi connectivity index (χ0v) is 15.5. The molecule has 3 aromatic rings. The number of hydrogen-bond acceptors (Lipinski definition) is 3. The van der Waals surface area contributed by atoms with Crippen molar-refractivity contribution in [2.75, 3.05) is 4.72 Å². The van der Waals surface area contributed by atoms with E-state index in [2.05, 4.69) is 9.82 Å². The van der Waals surface area contributed by atoms with Gasteiger partial charge in [-0.1, -0.05) is 55.3 Å². The third-order valence-corrected chi connectivity index (χ3v) is 6.22. The number of rotatable bonds is 5. The van der Waals surface area contributed by atoms with Crippen LogP contribution in [0.3, 0.4) is 0 Å². The molecule has 4 rings (SSSR count). The third-order valence-electron chi connectivity index (χ3n) is 4.85. The average Bonchev–Trinajstić information content (AvgIpc) is 3.34. The molecular formula is C20H20FN3O2S. The topological polar surface area (TPSA) is 64.0 Å². The molecule has 1 aromatic heterocycles. The second-order valence-corrected chi connectivity index (χ2v) is 8.36. The Hall–Kier alpha value is -2.67. The maximum absolute atomic E-state index is 14.0. The maximum Gasteiger partial charge on any atom is 0.265 e. The summed E-state index contributed by atoms with van der Waals surface area (Å²) >= 11 is 0. The van der Waals surface area contributed by atoms with Crippen LogP contribution >= 0.6 is 0 Å². The molecule has 1 aliphatic carbocycles. The smallest absolute Gasteiger partial charge is 0.265 e. The SMILES string of the molecule is O=S(=O)(Nc1ccccc1F)c1cn(C2CCCC2)nc1-c1ccccc1. The summed E-state index contributed by atoms with van der Waals surface area (Å²) in [5.74, 6) is -0.620. The molecule has 5 nitrogen and oxygen atoms in total. The molecule has 27 heavy (non-hydrogen) atoms. The zero-order chi connectivity index (χ0) is 18.9. The van der Waals surface area contributed by atoms with Gasteiger partial charge in [0, 0.05) is 11.8 Å². The number of hydrogen-bond donors (Lipinski definition) is 1. The van der Waals surface area contributed by atoms with Gasteiger partial charge in [-0.3, -0.25) is 9.40 Å². The highest BCUT2D eigenvalue weighted by molar-refractivity contribution is 7.92. The van der Waals surface area contributed by atoms with Crippen molar-refractivity contribution < 1.29 is 12.8 Å². The molecular weight excluding hydrogens is 365 g/mol. The molecule has 1 saturated carbocycles. The maximum atomic E-state index is 14.0. The molecule has 1 N–H and O–H groups in total. The number of anilines is 1. The summed E-state index contributed by atoms with van der Waals surface area (Å²) in [5.41, 5.74) is 1.01. The van der Waals surface area contributed by atoms with Gasteiger partial charge in [0.15, 0.2) is 0 Å². The number of benzene rings is 2. The van der Waals surface area contributed by atoms with Crippen LogP contribution in [0.2, 0.25) is 0 Å². The molecule has 0 spiro atoms. The van der Waals surface area contributed by atoms with E-state index in [1.54, 1.807) is 16.9 Å². The molecule has 1 heterocycles. The van der Waals surface area contributed by atoms with Gasteiger partial charge in [0.2, 0.25) is 0 Å².